The quantitative estimate of drug-likeness (QED) is 0.534. The van der Waals surface area contributed by atoms with E-state index in [-0.39, 0.29) is 0 Å². The van der Waals surface area contributed by atoms with E-state index in [4.69, 9.17) is 11.6 Å². The molecule has 0 N–H and O–H groups in total. The summed E-state index contributed by atoms with van der Waals surface area (Å²) in [5, 5.41) is 13.0. The lowest BCUT2D eigenvalue weighted by atomic mass is 10.3. The topological polar surface area (TPSA) is 60.9 Å². The minimum Gasteiger partial charge on any atom is -0.265 e. The third-order valence-electron chi connectivity index (χ3n) is 3.13. The van der Waals surface area contributed by atoms with Crippen molar-refractivity contribution in [2.75, 3.05) is 0 Å². The van der Waals surface area contributed by atoms with E-state index < -0.39 is 0 Å². The van der Waals surface area contributed by atoms with Crippen LogP contribution in [0.15, 0.2) is 55.1 Å². The summed E-state index contributed by atoms with van der Waals surface area (Å²) in [6, 6.07) is 11.5. The number of para-hydroxylation sites is 1. The number of fused-ring (bicyclic) bond motifs is 1. The highest BCUT2D eigenvalue weighted by atomic mass is 35.5. The maximum absolute atomic E-state index is 5.85. The van der Waals surface area contributed by atoms with Crippen molar-refractivity contribution in [1.29, 1.82) is 0 Å². The molecule has 0 aliphatic carbocycles. The largest absolute Gasteiger partial charge is 0.265 e. The Hall–Kier alpha value is -2.73. The Bertz CT molecular complexity index is 912. The van der Waals surface area contributed by atoms with Gasteiger partial charge in [0.25, 0.3) is 0 Å². The van der Waals surface area contributed by atoms with E-state index in [1.54, 1.807) is 27.7 Å². The van der Waals surface area contributed by atoms with Gasteiger partial charge < -0.3 is 0 Å². The molecule has 0 aliphatic heterocycles. The smallest absolute Gasteiger partial charge is 0.172 e. The summed E-state index contributed by atoms with van der Waals surface area (Å²) in [7, 11) is 0. The molecule has 1 aromatic carbocycles. The van der Waals surface area contributed by atoms with Crippen molar-refractivity contribution < 1.29 is 0 Å². The second-order valence-electron chi connectivity index (χ2n) is 4.47. The lowest BCUT2D eigenvalue weighted by Gasteiger charge is -1.99. The van der Waals surface area contributed by atoms with Crippen LogP contribution >= 0.6 is 11.6 Å². The molecule has 4 aromatic rings. The van der Waals surface area contributed by atoms with Crippen LogP contribution in [0, 0.1) is 0 Å². The number of benzene rings is 1. The molecule has 0 saturated carbocycles. The second kappa shape index (κ2) is 4.68. The third kappa shape index (κ3) is 2.05. The zero-order chi connectivity index (χ0) is 14.2. The molecule has 0 radical (unpaired) electrons. The van der Waals surface area contributed by atoms with Gasteiger partial charge in [0.2, 0.25) is 0 Å². The average molecular weight is 297 g/mol. The van der Waals surface area contributed by atoms with Gasteiger partial charge in [-0.05, 0) is 12.1 Å². The average Bonchev–Trinajstić information content (AvgIpc) is 3.13. The van der Waals surface area contributed by atoms with Crippen LogP contribution in [0.2, 0.25) is 5.15 Å². The summed E-state index contributed by atoms with van der Waals surface area (Å²) in [5.74, 6) is 0.677. The molecule has 102 valence electrons. The Labute approximate surface area is 124 Å². The van der Waals surface area contributed by atoms with Crippen molar-refractivity contribution in [3.8, 4) is 17.1 Å². The molecule has 4 rings (SSSR count). The van der Waals surface area contributed by atoms with Gasteiger partial charge in [-0.2, -0.15) is 5.10 Å². The predicted molar refractivity (Wildman–Crippen MR) is 78.4 cm³/mol. The highest BCUT2D eigenvalue weighted by Gasteiger charge is 2.11. The molecular formula is C14H9ClN6. The minimum absolute atomic E-state index is 0.390. The maximum atomic E-state index is 5.85. The number of nitrogens with zero attached hydrogens (tertiary/aromatic N) is 6. The molecule has 21 heavy (non-hydrogen) atoms. The van der Waals surface area contributed by atoms with Gasteiger partial charge in [0.05, 0.1) is 17.4 Å². The van der Waals surface area contributed by atoms with Crippen molar-refractivity contribution in [3.05, 3.63) is 60.3 Å². The van der Waals surface area contributed by atoms with Gasteiger partial charge in [0.15, 0.2) is 11.5 Å². The van der Waals surface area contributed by atoms with Crippen LogP contribution in [0.25, 0.3) is 22.7 Å². The highest BCUT2D eigenvalue weighted by molar-refractivity contribution is 6.29. The molecule has 6 nitrogen and oxygen atoms in total. The summed E-state index contributed by atoms with van der Waals surface area (Å²) >= 11 is 5.85. The first-order valence-electron chi connectivity index (χ1n) is 6.28. The minimum atomic E-state index is 0.390. The van der Waals surface area contributed by atoms with Crippen LogP contribution in [0.5, 0.6) is 0 Å². The van der Waals surface area contributed by atoms with Gasteiger partial charge >= 0.3 is 0 Å². The molecule has 3 heterocycles. The molecule has 7 heteroatoms. The van der Waals surface area contributed by atoms with Crippen molar-refractivity contribution in [3.63, 3.8) is 0 Å². The fourth-order valence-electron chi connectivity index (χ4n) is 2.13. The molecule has 0 amide bonds. The van der Waals surface area contributed by atoms with E-state index in [2.05, 4.69) is 20.3 Å². The number of hydrogen-bond donors (Lipinski definition) is 0. The Morgan fingerprint density at radius 2 is 1.90 bits per heavy atom. The van der Waals surface area contributed by atoms with E-state index in [0.717, 1.165) is 11.3 Å². The molecule has 0 saturated heterocycles. The molecular weight excluding hydrogens is 288 g/mol. The fraction of sp³-hybridized carbons (Fsp3) is 0. The highest BCUT2D eigenvalue weighted by Crippen LogP contribution is 2.19. The van der Waals surface area contributed by atoms with E-state index in [0.29, 0.717) is 16.6 Å². The number of halogens is 1. The Kier molecular flexibility index (Phi) is 2.68. The lowest BCUT2D eigenvalue weighted by Crippen LogP contribution is -1.93. The third-order valence-corrected chi connectivity index (χ3v) is 3.34. The summed E-state index contributed by atoms with van der Waals surface area (Å²) in [4.78, 5) is 4.05. The summed E-state index contributed by atoms with van der Waals surface area (Å²) < 4.78 is 3.57. The second-order valence-corrected chi connectivity index (χ2v) is 4.86. The first-order valence-corrected chi connectivity index (χ1v) is 6.66. The normalized spacial score (nSPS) is 11.1. The summed E-state index contributed by atoms with van der Waals surface area (Å²) in [6.07, 6.45) is 5.26. The Morgan fingerprint density at radius 1 is 1.05 bits per heavy atom. The van der Waals surface area contributed by atoms with Crippen molar-refractivity contribution >= 4 is 17.2 Å². The Balaban J connectivity index is 1.81. The Morgan fingerprint density at radius 3 is 2.76 bits per heavy atom. The van der Waals surface area contributed by atoms with Crippen molar-refractivity contribution in [2.24, 2.45) is 0 Å². The van der Waals surface area contributed by atoms with E-state index >= 15 is 0 Å². The molecule has 0 atom stereocenters. The van der Waals surface area contributed by atoms with Crippen LogP contribution in [0.3, 0.4) is 0 Å². The van der Waals surface area contributed by atoms with Gasteiger partial charge in [0, 0.05) is 12.3 Å². The fourth-order valence-corrected chi connectivity index (χ4v) is 2.27. The zero-order valence-electron chi connectivity index (χ0n) is 10.8. The van der Waals surface area contributed by atoms with Crippen molar-refractivity contribution in [2.45, 2.75) is 0 Å². The standard InChI is InChI=1S/C14H9ClN6/c15-12-6-13-18-19-14(20(13)9-16-12)10-7-17-21(8-10)11-4-2-1-3-5-11/h1-9H. The summed E-state index contributed by atoms with van der Waals surface area (Å²) in [5.41, 5.74) is 2.49. The van der Waals surface area contributed by atoms with E-state index in [1.807, 2.05) is 36.5 Å². The molecule has 0 aliphatic rings. The monoisotopic (exact) mass is 296 g/mol. The molecule has 3 aromatic heterocycles. The molecule has 0 fully saturated rings. The van der Waals surface area contributed by atoms with Gasteiger partial charge in [-0.15, -0.1) is 10.2 Å². The molecule has 0 spiro atoms. The zero-order valence-corrected chi connectivity index (χ0v) is 11.5. The van der Waals surface area contributed by atoms with E-state index in [1.165, 1.54) is 0 Å². The molecule has 0 bridgehead atoms. The van der Waals surface area contributed by atoms with Gasteiger partial charge in [-0.25, -0.2) is 9.67 Å². The number of hydrogen-bond acceptors (Lipinski definition) is 4. The molecule has 0 unspecified atom stereocenters. The maximum Gasteiger partial charge on any atom is 0.172 e. The van der Waals surface area contributed by atoms with Gasteiger partial charge in [-0.3, -0.25) is 4.40 Å². The first-order chi connectivity index (χ1) is 10.3. The number of aromatic nitrogens is 6. The SMILES string of the molecule is Clc1cc2nnc(-c3cnn(-c4ccccc4)c3)n2cn1. The van der Waals surface area contributed by atoms with Crippen molar-refractivity contribution in [1.82, 2.24) is 29.4 Å². The van der Waals surface area contributed by atoms with Crippen LogP contribution in [0.4, 0.5) is 0 Å². The van der Waals surface area contributed by atoms with Crippen LogP contribution in [-0.2, 0) is 0 Å². The lowest BCUT2D eigenvalue weighted by molar-refractivity contribution is 0.880. The van der Waals surface area contributed by atoms with E-state index in [9.17, 15) is 0 Å². The number of rotatable bonds is 2. The van der Waals surface area contributed by atoms with Crippen LogP contribution < -0.4 is 0 Å². The van der Waals surface area contributed by atoms with Gasteiger partial charge in [-0.1, -0.05) is 29.8 Å². The predicted octanol–water partition coefficient (Wildman–Crippen LogP) is 2.63. The first kappa shape index (κ1) is 12.0. The van der Waals surface area contributed by atoms with Crippen LogP contribution in [-0.4, -0.2) is 29.4 Å². The van der Waals surface area contributed by atoms with Crippen LogP contribution in [0.1, 0.15) is 0 Å². The van der Waals surface area contributed by atoms with Gasteiger partial charge in [0.1, 0.15) is 11.5 Å². The summed E-state index contributed by atoms with van der Waals surface area (Å²) in [6.45, 7) is 0.